The highest BCUT2D eigenvalue weighted by atomic mass is 35.5. The first kappa shape index (κ1) is 24.1. The minimum Gasteiger partial charge on any atom is -0.404 e. The van der Waals surface area contributed by atoms with E-state index in [0.717, 1.165) is 12.1 Å². The van der Waals surface area contributed by atoms with Crippen LogP contribution < -0.4 is 10.5 Å². The van der Waals surface area contributed by atoms with Gasteiger partial charge in [0.05, 0.1) is 10.5 Å². The lowest BCUT2D eigenvalue weighted by Crippen LogP contribution is -2.14. The van der Waals surface area contributed by atoms with Crippen molar-refractivity contribution in [3.63, 3.8) is 0 Å². The second-order valence-corrected chi connectivity index (χ2v) is 9.54. The highest BCUT2D eigenvalue weighted by Gasteiger charge is 2.21. The quantitative estimate of drug-likeness (QED) is 0.250. The zero-order valence-corrected chi connectivity index (χ0v) is 19.9. The van der Waals surface area contributed by atoms with Gasteiger partial charge in [-0.05, 0) is 42.5 Å². The average Bonchev–Trinajstić information content (AvgIpc) is 3.26. The number of nitrogens with two attached hydrogens (primary N) is 1. The Kier molecular flexibility index (Phi) is 6.68. The van der Waals surface area contributed by atoms with Gasteiger partial charge in [-0.15, -0.1) is 0 Å². The standard InChI is InChI=1S/C24H19ClFN5O3S/c1-28-11-15(10-27)14-7-19-21(13-30-24(19)29-12-14)23(32)20-9-17(5-6-22(20)26)31-35(33,34)18-4-2-3-16(25)8-18/h2-13,31H,27H2,1H3,(H,29,30). The fourth-order valence-corrected chi connectivity index (χ4v) is 4.81. The van der Waals surface area contributed by atoms with Gasteiger partial charge in [-0.25, -0.2) is 17.8 Å². The smallest absolute Gasteiger partial charge is 0.261 e. The van der Waals surface area contributed by atoms with Crippen LogP contribution in [0.25, 0.3) is 16.6 Å². The molecular weight excluding hydrogens is 493 g/mol. The third-order valence-electron chi connectivity index (χ3n) is 5.13. The van der Waals surface area contributed by atoms with Crippen molar-refractivity contribution < 1.29 is 17.6 Å². The summed E-state index contributed by atoms with van der Waals surface area (Å²) in [5, 5.41) is 0.689. The predicted octanol–water partition coefficient (Wildman–Crippen LogP) is 4.39. The second-order valence-electron chi connectivity index (χ2n) is 7.42. The normalized spacial score (nSPS) is 12.4. The van der Waals surface area contributed by atoms with Crippen LogP contribution in [0.1, 0.15) is 21.5 Å². The lowest BCUT2D eigenvalue weighted by Gasteiger charge is -2.10. The summed E-state index contributed by atoms with van der Waals surface area (Å²) < 4.78 is 42.5. The number of aromatic nitrogens is 2. The molecule has 2 heterocycles. The summed E-state index contributed by atoms with van der Waals surface area (Å²) in [4.78, 5) is 24.4. The van der Waals surface area contributed by atoms with E-state index < -0.39 is 21.6 Å². The number of aliphatic imine (C=N–C) groups is 1. The van der Waals surface area contributed by atoms with Crippen molar-refractivity contribution in [1.82, 2.24) is 9.97 Å². The van der Waals surface area contributed by atoms with E-state index in [0.29, 0.717) is 22.2 Å². The number of fused-ring (bicyclic) bond motifs is 1. The van der Waals surface area contributed by atoms with E-state index in [1.54, 1.807) is 25.5 Å². The number of benzene rings is 2. The molecule has 0 saturated heterocycles. The Morgan fingerprint density at radius 3 is 2.71 bits per heavy atom. The first-order valence-electron chi connectivity index (χ1n) is 10.2. The van der Waals surface area contributed by atoms with E-state index >= 15 is 0 Å². The number of hydrogen-bond donors (Lipinski definition) is 3. The third kappa shape index (κ3) is 4.93. The van der Waals surface area contributed by atoms with E-state index in [9.17, 15) is 17.6 Å². The summed E-state index contributed by atoms with van der Waals surface area (Å²) in [7, 11) is -2.42. The second kappa shape index (κ2) is 9.69. The molecule has 0 unspecified atom stereocenters. The Labute approximate surface area is 205 Å². The van der Waals surface area contributed by atoms with Crippen LogP contribution in [-0.4, -0.2) is 37.4 Å². The number of allylic oxidation sites excluding steroid dienone is 1. The number of carbonyl (C=O) groups is 1. The Morgan fingerprint density at radius 1 is 1.20 bits per heavy atom. The van der Waals surface area contributed by atoms with Crippen molar-refractivity contribution in [3.8, 4) is 0 Å². The van der Waals surface area contributed by atoms with Crippen LogP contribution in [0, 0.1) is 5.82 Å². The predicted molar refractivity (Wildman–Crippen MR) is 135 cm³/mol. The van der Waals surface area contributed by atoms with Crippen LogP contribution in [0.15, 0.2) is 77.0 Å². The minimum atomic E-state index is -4.02. The Morgan fingerprint density at radius 2 is 2.00 bits per heavy atom. The van der Waals surface area contributed by atoms with E-state index in [4.69, 9.17) is 17.3 Å². The maximum Gasteiger partial charge on any atom is 0.261 e. The molecule has 2 aromatic carbocycles. The molecule has 35 heavy (non-hydrogen) atoms. The zero-order chi connectivity index (χ0) is 25.2. The van der Waals surface area contributed by atoms with Crippen LogP contribution in [-0.2, 0) is 10.0 Å². The number of anilines is 1. The van der Waals surface area contributed by atoms with Gasteiger partial charge in [-0.3, -0.25) is 14.5 Å². The minimum absolute atomic E-state index is 0.0147. The monoisotopic (exact) mass is 511 g/mol. The molecule has 8 nitrogen and oxygen atoms in total. The first-order valence-corrected chi connectivity index (χ1v) is 12.0. The number of nitrogens with one attached hydrogen (secondary N) is 2. The molecule has 4 rings (SSSR count). The lowest BCUT2D eigenvalue weighted by atomic mass is 10.0. The Hall–Kier alpha value is -4.02. The number of halogens is 2. The Bertz CT molecular complexity index is 1610. The van der Waals surface area contributed by atoms with Crippen LogP contribution in [0.4, 0.5) is 10.1 Å². The third-order valence-corrected chi connectivity index (χ3v) is 6.74. The van der Waals surface area contributed by atoms with Gasteiger partial charge in [0.25, 0.3) is 10.0 Å². The summed E-state index contributed by atoms with van der Waals surface area (Å²) in [5.74, 6) is -1.46. The van der Waals surface area contributed by atoms with Crippen LogP contribution in [0.3, 0.4) is 0 Å². The topological polar surface area (TPSA) is 130 Å². The molecule has 0 atom stereocenters. The number of aromatic amines is 1. The molecule has 0 aliphatic rings. The van der Waals surface area contributed by atoms with Gasteiger partial charge >= 0.3 is 0 Å². The molecule has 0 fully saturated rings. The van der Waals surface area contributed by atoms with E-state index in [2.05, 4.69) is 19.7 Å². The van der Waals surface area contributed by atoms with Crippen molar-refractivity contribution in [1.29, 1.82) is 0 Å². The van der Waals surface area contributed by atoms with Gasteiger partial charge in [-0.2, -0.15) is 0 Å². The number of rotatable bonds is 7. The molecule has 0 amide bonds. The van der Waals surface area contributed by atoms with Gasteiger partial charge in [0.15, 0.2) is 5.78 Å². The number of nitrogens with zero attached hydrogens (tertiary/aromatic N) is 2. The number of hydrogen-bond acceptors (Lipinski definition) is 6. The molecular formula is C24H19ClFN5O3S. The maximum atomic E-state index is 14.7. The van der Waals surface area contributed by atoms with Crippen LogP contribution in [0.2, 0.25) is 5.02 Å². The van der Waals surface area contributed by atoms with Gasteiger partial charge in [-0.1, -0.05) is 17.7 Å². The van der Waals surface area contributed by atoms with Crippen molar-refractivity contribution >= 4 is 55.9 Å². The summed E-state index contributed by atoms with van der Waals surface area (Å²) in [6, 6.07) is 10.8. The molecule has 178 valence electrons. The number of ketones is 1. The fourth-order valence-electron chi connectivity index (χ4n) is 3.46. The van der Waals surface area contributed by atoms with Crippen molar-refractivity contribution in [2.75, 3.05) is 11.8 Å². The largest absolute Gasteiger partial charge is 0.404 e. The maximum absolute atomic E-state index is 14.7. The average molecular weight is 512 g/mol. The summed E-state index contributed by atoms with van der Waals surface area (Å²) >= 11 is 5.89. The Balaban J connectivity index is 1.72. The van der Waals surface area contributed by atoms with Gasteiger partial charge in [0, 0.05) is 64.7 Å². The SMILES string of the molecule is CN=CC(=CN)c1cnc2[nH]cc(C(=O)c3cc(NS(=O)(=O)c4cccc(Cl)c4)ccc3F)c2c1. The van der Waals surface area contributed by atoms with Crippen LogP contribution in [0.5, 0.6) is 0 Å². The van der Waals surface area contributed by atoms with Crippen molar-refractivity contribution in [3.05, 3.63) is 94.7 Å². The number of pyridine rings is 1. The van der Waals surface area contributed by atoms with Crippen LogP contribution >= 0.6 is 11.6 Å². The molecule has 2 aromatic heterocycles. The van der Waals surface area contributed by atoms with Gasteiger partial charge in [0.1, 0.15) is 11.5 Å². The van der Waals surface area contributed by atoms with Gasteiger partial charge in [0.2, 0.25) is 0 Å². The van der Waals surface area contributed by atoms with E-state index in [1.165, 1.54) is 42.7 Å². The molecule has 0 bridgehead atoms. The highest BCUT2D eigenvalue weighted by molar-refractivity contribution is 7.92. The summed E-state index contributed by atoms with van der Waals surface area (Å²) in [6.07, 6.45) is 5.90. The summed E-state index contributed by atoms with van der Waals surface area (Å²) in [6.45, 7) is 0. The molecule has 0 aliphatic carbocycles. The molecule has 0 radical (unpaired) electrons. The number of sulfonamides is 1. The summed E-state index contributed by atoms with van der Waals surface area (Å²) in [5.41, 5.74) is 7.15. The molecule has 11 heteroatoms. The van der Waals surface area contributed by atoms with E-state index in [1.807, 2.05) is 0 Å². The first-order chi connectivity index (χ1) is 16.7. The molecule has 4 N–H and O–H groups in total. The lowest BCUT2D eigenvalue weighted by molar-refractivity contribution is 0.103. The van der Waals surface area contributed by atoms with Crippen molar-refractivity contribution in [2.24, 2.45) is 10.7 Å². The molecule has 4 aromatic rings. The molecule has 0 spiro atoms. The number of carbonyl (C=O) groups excluding carboxylic acids is 1. The molecule has 0 saturated carbocycles. The van der Waals surface area contributed by atoms with E-state index in [-0.39, 0.29) is 26.7 Å². The fraction of sp³-hybridized carbons (Fsp3) is 0.0417. The highest BCUT2D eigenvalue weighted by Crippen LogP contribution is 2.26. The molecule has 0 aliphatic heterocycles. The zero-order valence-electron chi connectivity index (χ0n) is 18.3. The number of H-pyrrole nitrogens is 1. The van der Waals surface area contributed by atoms with Gasteiger partial charge < -0.3 is 10.7 Å². The van der Waals surface area contributed by atoms with Crippen molar-refractivity contribution in [2.45, 2.75) is 4.90 Å².